The second kappa shape index (κ2) is 4.88. The molecule has 5 nitrogen and oxygen atoms in total. The monoisotopic (exact) mass is 229 g/mol. The fourth-order valence-electron chi connectivity index (χ4n) is 1.07. The van der Waals surface area contributed by atoms with Crippen molar-refractivity contribution < 1.29 is 18.3 Å². The zero-order valence-corrected chi connectivity index (χ0v) is 8.77. The number of carboxylic acids is 1. The van der Waals surface area contributed by atoms with Gasteiger partial charge in [-0.25, -0.2) is 8.42 Å². The van der Waals surface area contributed by atoms with Crippen LogP contribution in [0.1, 0.15) is 5.69 Å². The summed E-state index contributed by atoms with van der Waals surface area (Å²) in [6.07, 6.45) is 1.82. The van der Waals surface area contributed by atoms with E-state index in [1.54, 1.807) is 24.4 Å². The van der Waals surface area contributed by atoms with Crippen LogP contribution in [0.2, 0.25) is 0 Å². The fourth-order valence-corrected chi connectivity index (χ4v) is 2.11. The van der Waals surface area contributed by atoms with Gasteiger partial charge in [-0.2, -0.15) is 0 Å². The average molecular weight is 229 g/mol. The summed E-state index contributed by atoms with van der Waals surface area (Å²) >= 11 is 0. The zero-order chi connectivity index (χ0) is 11.3. The summed E-state index contributed by atoms with van der Waals surface area (Å²) in [5.74, 6) is -2.33. The van der Waals surface area contributed by atoms with Gasteiger partial charge in [0, 0.05) is 18.3 Å². The van der Waals surface area contributed by atoms with Gasteiger partial charge in [0.25, 0.3) is 0 Å². The van der Waals surface area contributed by atoms with Crippen molar-refractivity contribution in [3.63, 3.8) is 0 Å². The molecule has 1 rings (SSSR count). The molecule has 1 aromatic rings. The Morgan fingerprint density at radius 2 is 2.13 bits per heavy atom. The second-order valence-corrected chi connectivity index (χ2v) is 5.24. The standard InChI is InChI=1S/C9H11NO4S/c11-9(12)7-15(13,14)6-4-8-3-1-2-5-10-8/h1-3,5H,4,6-7H2,(H,11,12). The summed E-state index contributed by atoms with van der Waals surface area (Å²) in [7, 11) is -3.52. The van der Waals surface area contributed by atoms with Gasteiger partial charge in [-0.05, 0) is 12.1 Å². The third kappa shape index (κ3) is 4.55. The molecule has 15 heavy (non-hydrogen) atoms. The third-order valence-corrected chi connectivity index (χ3v) is 3.25. The van der Waals surface area contributed by atoms with Gasteiger partial charge in [0.15, 0.2) is 9.84 Å². The molecular weight excluding hydrogens is 218 g/mol. The number of aromatic nitrogens is 1. The minimum Gasteiger partial charge on any atom is -0.480 e. The van der Waals surface area contributed by atoms with E-state index in [1.165, 1.54) is 0 Å². The molecule has 6 heteroatoms. The van der Waals surface area contributed by atoms with Crippen LogP contribution in [-0.4, -0.2) is 36.0 Å². The first-order valence-electron chi connectivity index (χ1n) is 4.32. The van der Waals surface area contributed by atoms with Gasteiger partial charge in [0.05, 0.1) is 5.75 Å². The van der Waals surface area contributed by atoms with Gasteiger partial charge in [-0.3, -0.25) is 9.78 Å². The van der Waals surface area contributed by atoms with Gasteiger partial charge in [-0.15, -0.1) is 0 Å². The van der Waals surface area contributed by atoms with Crippen LogP contribution in [0.4, 0.5) is 0 Å². The second-order valence-electron chi connectivity index (χ2n) is 3.06. The minimum absolute atomic E-state index is 0.184. The van der Waals surface area contributed by atoms with E-state index in [2.05, 4.69) is 4.98 Å². The van der Waals surface area contributed by atoms with E-state index in [0.29, 0.717) is 5.69 Å². The number of carboxylic acid groups (broad SMARTS) is 1. The Morgan fingerprint density at radius 3 is 2.67 bits per heavy atom. The van der Waals surface area contributed by atoms with Crippen molar-refractivity contribution in [2.24, 2.45) is 0 Å². The number of hydrogen-bond acceptors (Lipinski definition) is 4. The topological polar surface area (TPSA) is 84.3 Å². The maximum absolute atomic E-state index is 11.2. The zero-order valence-electron chi connectivity index (χ0n) is 7.96. The van der Waals surface area contributed by atoms with E-state index in [4.69, 9.17) is 5.11 Å². The predicted molar refractivity (Wildman–Crippen MR) is 54.2 cm³/mol. The van der Waals surface area contributed by atoms with Crippen LogP contribution in [-0.2, 0) is 21.1 Å². The predicted octanol–water partition coefficient (Wildman–Crippen LogP) is 0.123. The van der Waals surface area contributed by atoms with Gasteiger partial charge in [0.1, 0.15) is 5.75 Å². The van der Waals surface area contributed by atoms with Crippen molar-refractivity contribution in [3.8, 4) is 0 Å². The van der Waals surface area contributed by atoms with Gasteiger partial charge >= 0.3 is 5.97 Å². The van der Waals surface area contributed by atoms with Crippen molar-refractivity contribution in [3.05, 3.63) is 30.1 Å². The molecule has 0 aliphatic rings. The van der Waals surface area contributed by atoms with Crippen molar-refractivity contribution in [2.45, 2.75) is 6.42 Å². The van der Waals surface area contributed by atoms with Crippen LogP contribution in [0.5, 0.6) is 0 Å². The largest absolute Gasteiger partial charge is 0.480 e. The molecule has 1 heterocycles. The van der Waals surface area contributed by atoms with E-state index in [1.807, 2.05) is 0 Å². The van der Waals surface area contributed by atoms with E-state index in [-0.39, 0.29) is 12.2 Å². The first-order chi connectivity index (χ1) is 6.99. The molecule has 0 radical (unpaired) electrons. The van der Waals surface area contributed by atoms with Crippen molar-refractivity contribution in [2.75, 3.05) is 11.5 Å². The number of hydrogen-bond donors (Lipinski definition) is 1. The molecule has 0 aliphatic carbocycles. The smallest absolute Gasteiger partial charge is 0.318 e. The minimum atomic E-state index is -3.52. The number of nitrogens with zero attached hydrogens (tertiary/aromatic N) is 1. The molecule has 0 fully saturated rings. The SMILES string of the molecule is O=C(O)CS(=O)(=O)CCc1ccccn1. The molecule has 0 amide bonds. The lowest BCUT2D eigenvalue weighted by Crippen LogP contribution is -2.19. The molecule has 0 bridgehead atoms. The Balaban J connectivity index is 2.54. The number of carbonyl (C=O) groups is 1. The molecular formula is C9H11NO4S. The summed E-state index contributed by atoms with van der Waals surface area (Å²) in [4.78, 5) is 14.2. The molecule has 0 atom stereocenters. The number of aryl methyl sites for hydroxylation is 1. The average Bonchev–Trinajstić information content (AvgIpc) is 2.15. The highest BCUT2D eigenvalue weighted by Gasteiger charge is 2.15. The molecule has 1 aromatic heterocycles. The molecule has 0 unspecified atom stereocenters. The quantitative estimate of drug-likeness (QED) is 0.775. The molecule has 0 aromatic carbocycles. The maximum atomic E-state index is 11.2. The van der Waals surface area contributed by atoms with Crippen molar-refractivity contribution >= 4 is 15.8 Å². The highest BCUT2D eigenvalue weighted by molar-refractivity contribution is 7.92. The van der Waals surface area contributed by atoms with Gasteiger partial charge in [-0.1, -0.05) is 6.07 Å². The normalized spacial score (nSPS) is 11.2. The first-order valence-corrected chi connectivity index (χ1v) is 6.14. The molecule has 0 saturated heterocycles. The van der Waals surface area contributed by atoms with Crippen molar-refractivity contribution in [1.82, 2.24) is 4.98 Å². The maximum Gasteiger partial charge on any atom is 0.318 e. The molecule has 0 spiro atoms. The van der Waals surface area contributed by atoms with Gasteiger partial charge in [0.2, 0.25) is 0 Å². The summed E-state index contributed by atoms with van der Waals surface area (Å²) < 4.78 is 22.4. The number of aliphatic carboxylic acids is 1. The van der Waals surface area contributed by atoms with Crippen LogP contribution >= 0.6 is 0 Å². The third-order valence-electron chi connectivity index (χ3n) is 1.74. The van der Waals surface area contributed by atoms with E-state index in [0.717, 1.165) is 0 Å². The van der Waals surface area contributed by atoms with E-state index >= 15 is 0 Å². The Kier molecular flexibility index (Phi) is 3.79. The fraction of sp³-hybridized carbons (Fsp3) is 0.333. The first kappa shape index (κ1) is 11.6. The molecule has 0 saturated carbocycles. The number of rotatable bonds is 5. The number of pyridine rings is 1. The van der Waals surface area contributed by atoms with Crippen LogP contribution < -0.4 is 0 Å². The highest BCUT2D eigenvalue weighted by atomic mass is 32.2. The van der Waals surface area contributed by atoms with Crippen LogP contribution in [0.25, 0.3) is 0 Å². The van der Waals surface area contributed by atoms with Crippen molar-refractivity contribution in [1.29, 1.82) is 0 Å². The molecule has 0 aliphatic heterocycles. The Bertz CT molecular complexity index is 427. The summed E-state index contributed by atoms with van der Waals surface area (Å²) in [5.41, 5.74) is 0.645. The Hall–Kier alpha value is -1.43. The lowest BCUT2D eigenvalue weighted by Gasteiger charge is -2.00. The van der Waals surface area contributed by atoms with Crippen LogP contribution in [0, 0.1) is 0 Å². The van der Waals surface area contributed by atoms with Crippen LogP contribution in [0.3, 0.4) is 0 Å². The summed E-state index contributed by atoms with van der Waals surface area (Å²) in [6, 6.07) is 5.19. The Labute approximate surface area is 87.7 Å². The van der Waals surface area contributed by atoms with E-state index in [9.17, 15) is 13.2 Å². The van der Waals surface area contributed by atoms with Crippen LogP contribution in [0.15, 0.2) is 24.4 Å². The Morgan fingerprint density at radius 1 is 1.40 bits per heavy atom. The molecule has 82 valence electrons. The van der Waals surface area contributed by atoms with Gasteiger partial charge < -0.3 is 5.11 Å². The summed E-state index contributed by atoms with van der Waals surface area (Å²) in [6.45, 7) is 0. The number of sulfone groups is 1. The van der Waals surface area contributed by atoms with E-state index < -0.39 is 21.6 Å². The summed E-state index contributed by atoms with van der Waals surface area (Å²) in [5, 5.41) is 8.35. The lowest BCUT2D eigenvalue weighted by atomic mass is 10.3. The molecule has 1 N–H and O–H groups in total. The highest BCUT2D eigenvalue weighted by Crippen LogP contribution is 1.99. The lowest BCUT2D eigenvalue weighted by molar-refractivity contribution is -0.134.